The van der Waals surface area contributed by atoms with Crippen molar-refractivity contribution in [2.45, 2.75) is 41.3 Å². The number of hydrogen-bond acceptors (Lipinski definition) is 9. The summed E-state index contributed by atoms with van der Waals surface area (Å²) in [5.74, 6) is -0.189. The number of aliphatic hydroxyl groups is 1. The van der Waals surface area contributed by atoms with E-state index in [4.69, 9.17) is 28.1 Å². The lowest BCUT2D eigenvalue weighted by Crippen LogP contribution is -2.56. The Kier molecular flexibility index (Phi) is 6.15. The quantitative estimate of drug-likeness (QED) is 0.415. The van der Waals surface area contributed by atoms with Gasteiger partial charge in [-0.25, -0.2) is 14.4 Å². The molecule has 1 fully saturated rings. The van der Waals surface area contributed by atoms with Gasteiger partial charge in [0, 0.05) is 22.1 Å². The number of anilines is 1. The second-order valence-corrected chi connectivity index (χ2v) is 10.3. The molecule has 0 amide bonds. The van der Waals surface area contributed by atoms with Crippen molar-refractivity contribution in [2.24, 2.45) is 11.1 Å². The summed E-state index contributed by atoms with van der Waals surface area (Å²) in [6.45, 7) is 0.977. The first-order valence-corrected chi connectivity index (χ1v) is 12.3. The molecule has 1 aliphatic carbocycles. The largest absolute Gasteiger partial charge is 0.390 e. The van der Waals surface area contributed by atoms with Crippen LogP contribution in [-0.4, -0.2) is 33.1 Å². The van der Waals surface area contributed by atoms with E-state index in [-0.39, 0.29) is 17.3 Å². The first-order chi connectivity index (χ1) is 16.8. The first kappa shape index (κ1) is 23.9. The smallest absolute Gasteiger partial charge is 0.143 e. The van der Waals surface area contributed by atoms with Gasteiger partial charge in [-0.1, -0.05) is 23.4 Å². The number of aliphatic hydroxyl groups excluding tert-OH is 1. The maximum absolute atomic E-state index is 15.1. The molecule has 1 spiro atoms. The Labute approximate surface area is 210 Å². The average molecular weight is 512 g/mol. The summed E-state index contributed by atoms with van der Waals surface area (Å²) >= 11 is 7.51. The number of fused-ring (bicyclic) bond motifs is 1. The first-order valence-electron chi connectivity index (χ1n) is 11.1. The molecule has 1 saturated heterocycles. The molecule has 0 unspecified atom stereocenters. The molecule has 1 aromatic carbocycles. The van der Waals surface area contributed by atoms with E-state index in [0.717, 1.165) is 0 Å². The van der Waals surface area contributed by atoms with Crippen LogP contribution in [0.3, 0.4) is 0 Å². The molecular weight excluding hydrogens is 489 g/mol. The summed E-state index contributed by atoms with van der Waals surface area (Å²) in [6, 6.07) is 6.67. The number of nitrogens with two attached hydrogens (primary N) is 2. The molecule has 8 nitrogen and oxygen atoms in total. The number of piperidine rings is 1. The Balaban J connectivity index is 1.68. The lowest BCUT2D eigenvalue weighted by atomic mass is 9.62. The Hall–Kier alpha value is -2.81. The zero-order valence-corrected chi connectivity index (χ0v) is 20.3. The van der Waals surface area contributed by atoms with E-state index in [1.165, 1.54) is 23.9 Å². The van der Waals surface area contributed by atoms with Crippen molar-refractivity contribution >= 4 is 29.2 Å². The number of rotatable bonds is 4. The third-order valence-electron chi connectivity index (χ3n) is 7.12. The third kappa shape index (κ3) is 3.66. The summed E-state index contributed by atoms with van der Waals surface area (Å²) in [5, 5.41) is 24.3. The van der Waals surface area contributed by atoms with E-state index >= 15 is 4.39 Å². The number of benzene rings is 1. The fourth-order valence-electron chi connectivity index (χ4n) is 5.46. The monoisotopic (exact) mass is 511 g/mol. The van der Waals surface area contributed by atoms with E-state index in [1.54, 1.807) is 18.5 Å². The Morgan fingerprint density at radius 2 is 2.03 bits per heavy atom. The molecule has 180 valence electrons. The molecular formula is C24H23ClFN7OS. The third-order valence-corrected chi connectivity index (χ3v) is 8.60. The van der Waals surface area contributed by atoms with Crippen molar-refractivity contribution in [2.75, 3.05) is 18.8 Å². The number of hydrogen-bond donors (Lipinski definition) is 4. The highest BCUT2D eigenvalue weighted by molar-refractivity contribution is 7.99. The Bertz CT molecular complexity index is 1360. The van der Waals surface area contributed by atoms with E-state index in [2.05, 4.69) is 21.4 Å². The second kappa shape index (κ2) is 9.00. The van der Waals surface area contributed by atoms with Gasteiger partial charge in [-0.05, 0) is 56.1 Å². The van der Waals surface area contributed by atoms with Crippen LogP contribution in [0.2, 0.25) is 5.02 Å². The molecule has 2 aliphatic rings. The highest BCUT2D eigenvalue weighted by atomic mass is 35.5. The standard InChI is InChI=1S/C24H23ClFN7OS/c25-20-17(3-6-31-22(20)28)35-18-11-32-21(16(12-34)33-18)24(29)19-13(10-27)1-2-15(26)14(19)9-23(24)4-7-30-8-5-23/h1-3,6,11,30,34H,4-5,7-9,12,29H2,(H2,28,31)/t24-/m0/s1. The predicted molar refractivity (Wildman–Crippen MR) is 130 cm³/mol. The molecule has 3 heterocycles. The SMILES string of the molecule is N#Cc1ccc(F)c2c1[C@](N)(c1ncc(Sc3ccnc(N)c3Cl)nc1CO)C1(CCNCC1)C2. The minimum Gasteiger partial charge on any atom is -0.390 e. The van der Waals surface area contributed by atoms with Crippen molar-refractivity contribution in [3.63, 3.8) is 0 Å². The van der Waals surface area contributed by atoms with Gasteiger partial charge in [-0.15, -0.1) is 0 Å². The van der Waals surface area contributed by atoms with Crippen LogP contribution in [0.1, 0.15) is 40.9 Å². The van der Waals surface area contributed by atoms with Crippen LogP contribution in [0.5, 0.6) is 0 Å². The van der Waals surface area contributed by atoms with Crippen LogP contribution in [0.25, 0.3) is 0 Å². The summed E-state index contributed by atoms with van der Waals surface area (Å²) in [4.78, 5) is 13.9. The number of aromatic nitrogens is 3. The van der Waals surface area contributed by atoms with Gasteiger partial charge >= 0.3 is 0 Å². The fraction of sp³-hybridized carbons (Fsp3) is 0.333. The lowest BCUT2D eigenvalue weighted by molar-refractivity contribution is 0.114. The van der Waals surface area contributed by atoms with Crippen LogP contribution in [0.15, 0.2) is 40.5 Å². The molecule has 1 aliphatic heterocycles. The Morgan fingerprint density at radius 1 is 1.26 bits per heavy atom. The maximum Gasteiger partial charge on any atom is 0.143 e. The van der Waals surface area contributed by atoms with Gasteiger partial charge in [0.1, 0.15) is 16.7 Å². The highest BCUT2D eigenvalue weighted by Crippen LogP contribution is 2.58. The molecule has 11 heteroatoms. The van der Waals surface area contributed by atoms with Crippen molar-refractivity contribution in [3.8, 4) is 6.07 Å². The van der Waals surface area contributed by atoms with Gasteiger partial charge in [0.25, 0.3) is 0 Å². The molecule has 0 radical (unpaired) electrons. The minimum atomic E-state index is -1.30. The number of nitriles is 1. The van der Waals surface area contributed by atoms with E-state index in [0.29, 0.717) is 69.7 Å². The van der Waals surface area contributed by atoms with E-state index in [1.807, 2.05) is 0 Å². The lowest BCUT2D eigenvalue weighted by Gasteiger charge is -2.47. The number of pyridine rings is 1. The zero-order chi connectivity index (χ0) is 24.8. The zero-order valence-electron chi connectivity index (χ0n) is 18.7. The molecule has 3 aromatic rings. The van der Waals surface area contributed by atoms with Crippen molar-refractivity contribution < 1.29 is 9.50 Å². The van der Waals surface area contributed by atoms with Gasteiger partial charge in [-0.3, -0.25) is 4.98 Å². The van der Waals surface area contributed by atoms with Crippen LogP contribution >= 0.6 is 23.4 Å². The van der Waals surface area contributed by atoms with Crippen molar-refractivity contribution in [1.82, 2.24) is 20.3 Å². The van der Waals surface area contributed by atoms with E-state index in [9.17, 15) is 10.4 Å². The Morgan fingerprint density at radius 3 is 2.74 bits per heavy atom. The maximum atomic E-state index is 15.1. The van der Waals surface area contributed by atoms with Crippen LogP contribution in [0, 0.1) is 22.6 Å². The van der Waals surface area contributed by atoms with Gasteiger partial charge in [0.2, 0.25) is 0 Å². The average Bonchev–Trinajstić information content (AvgIpc) is 3.12. The summed E-state index contributed by atoms with van der Waals surface area (Å²) in [7, 11) is 0. The fourth-order valence-corrected chi connectivity index (χ4v) is 6.50. The van der Waals surface area contributed by atoms with Gasteiger partial charge in [0.15, 0.2) is 0 Å². The molecule has 0 bridgehead atoms. The predicted octanol–water partition coefficient (Wildman–Crippen LogP) is 2.89. The van der Waals surface area contributed by atoms with E-state index < -0.39 is 17.6 Å². The highest BCUT2D eigenvalue weighted by Gasteiger charge is 2.60. The summed E-state index contributed by atoms with van der Waals surface area (Å²) in [5.41, 5.74) is 13.0. The van der Waals surface area contributed by atoms with Crippen LogP contribution < -0.4 is 16.8 Å². The van der Waals surface area contributed by atoms with Crippen LogP contribution in [0.4, 0.5) is 10.2 Å². The van der Waals surface area contributed by atoms with Gasteiger partial charge in [0.05, 0.1) is 46.4 Å². The second-order valence-electron chi connectivity index (χ2n) is 8.85. The molecule has 6 N–H and O–H groups in total. The summed E-state index contributed by atoms with van der Waals surface area (Å²) < 4.78 is 15.1. The molecule has 35 heavy (non-hydrogen) atoms. The minimum absolute atomic E-state index is 0.200. The summed E-state index contributed by atoms with van der Waals surface area (Å²) in [6.07, 6.45) is 4.81. The number of nitrogens with zero attached hydrogens (tertiary/aromatic N) is 4. The molecule has 5 rings (SSSR count). The topological polar surface area (TPSA) is 147 Å². The van der Waals surface area contributed by atoms with Gasteiger partial charge in [-0.2, -0.15) is 5.26 Å². The van der Waals surface area contributed by atoms with Gasteiger partial charge < -0.3 is 21.9 Å². The molecule has 0 saturated carbocycles. The van der Waals surface area contributed by atoms with Crippen LogP contribution in [-0.2, 0) is 18.6 Å². The van der Waals surface area contributed by atoms with Crippen molar-refractivity contribution in [1.29, 1.82) is 5.26 Å². The number of nitrogens with one attached hydrogen (secondary N) is 1. The van der Waals surface area contributed by atoms with Crippen molar-refractivity contribution in [3.05, 3.63) is 69.5 Å². The molecule has 2 aromatic heterocycles. The normalized spacial score (nSPS) is 20.5. The number of halogens is 2. The molecule has 1 atom stereocenters. The number of nitrogen functional groups attached to an aromatic ring is 1.